The molecule has 0 fully saturated rings. The second-order valence-electron chi connectivity index (χ2n) is 3.32. The van der Waals surface area contributed by atoms with E-state index in [1.54, 1.807) is 12.1 Å². The first-order valence-corrected chi connectivity index (χ1v) is 4.61. The van der Waals surface area contributed by atoms with E-state index in [1.807, 2.05) is 13.8 Å². The molecule has 1 aliphatic rings. The maximum atomic E-state index is 5.82. The molecule has 1 aliphatic heterocycles. The van der Waals surface area contributed by atoms with E-state index in [-0.39, 0.29) is 0 Å². The lowest BCUT2D eigenvalue weighted by molar-refractivity contribution is -0.0431. The molecule has 0 saturated heterocycles. The molecular formula is C9H8Cl2O2. The van der Waals surface area contributed by atoms with Crippen LogP contribution >= 0.6 is 23.2 Å². The fourth-order valence-corrected chi connectivity index (χ4v) is 1.53. The molecule has 0 N–H and O–H groups in total. The number of hydrogen-bond donors (Lipinski definition) is 0. The number of halogens is 2. The predicted molar refractivity (Wildman–Crippen MR) is 51.8 cm³/mol. The van der Waals surface area contributed by atoms with Crippen molar-refractivity contribution in [2.75, 3.05) is 0 Å². The molecule has 0 amide bonds. The van der Waals surface area contributed by atoms with Crippen molar-refractivity contribution in [2.45, 2.75) is 19.6 Å². The molecule has 2 rings (SSSR count). The largest absolute Gasteiger partial charge is 0.449 e. The Morgan fingerprint density at radius 3 is 1.77 bits per heavy atom. The van der Waals surface area contributed by atoms with Crippen LogP contribution in [0.5, 0.6) is 11.5 Å². The van der Waals surface area contributed by atoms with Gasteiger partial charge in [-0.1, -0.05) is 23.2 Å². The van der Waals surface area contributed by atoms with Crippen molar-refractivity contribution in [1.82, 2.24) is 0 Å². The molecule has 70 valence electrons. The Morgan fingerprint density at radius 1 is 1.00 bits per heavy atom. The van der Waals surface area contributed by atoms with Crippen LogP contribution in [0.25, 0.3) is 0 Å². The number of ether oxygens (including phenoxy) is 2. The Kier molecular flexibility index (Phi) is 1.86. The number of fused-ring (bicyclic) bond motifs is 1. The van der Waals surface area contributed by atoms with Crippen molar-refractivity contribution in [3.8, 4) is 11.5 Å². The highest BCUT2D eigenvalue weighted by atomic mass is 35.5. The molecule has 0 spiro atoms. The van der Waals surface area contributed by atoms with Gasteiger partial charge in [-0.05, 0) is 0 Å². The zero-order valence-corrected chi connectivity index (χ0v) is 8.74. The van der Waals surface area contributed by atoms with Crippen molar-refractivity contribution < 1.29 is 9.47 Å². The maximum Gasteiger partial charge on any atom is 0.246 e. The Morgan fingerprint density at radius 2 is 1.38 bits per heavy atom. The van der Waals surface area contributed by atoms with Crippen molar-refractivity contribution in [1.29, 1.82) is 0 Å². The minimum Gasteiger partial charge on any atom is -0.449 e. The maximum absolute atomic E-state index is 5.82. The van der Waals surface area contributed by atoms with E-state index < -0.39 is 5.79 Å². The molecule has 2 nitrogen and oxygen atoms in total. The second-order valence-corrected chi connectivity index (χ2v) is 4.13. The second kappa shape index (κ2) is 2.69. The summed E-state index contributed by atoms with van der Waals surface area (Å²) >= 11 is 11.6. The standard InChI is InChI=1S/C9H8Cl2O2/c1-9(2)12-7-3-5(10)6(11)4-8(7)13-9/h3-4H,1-2H3. The van der Waals surface area contributed by atoms with Gasteiger partial charge in [-0.15, -0.1) is 0 Å². The summed E-state index contributed by atoms with van der Waals surface area (Å²) in [5.41, 5.74) is 0. The van der Waals surface area contributed by atoms with Gasteiger partial charge in [0.15, 0.2) is 11.5 Å². The third-order valence-electron chi connectivity index (χ3n) is 1.70. The van der Waals surface area contributed by atoms with Crippen molar-refractivity contribution >= 4 is 23.2 Å². The van der Waals surface area contributed by atoms with Gasteiger partial charge in [0.2, 0.25) is 5.79 Å². The molecule has 0 aliphatic carbocycles. The normalized spacial score (nSPS) is 17.5. The summed E-state index contributed by atoms with van der Waals surface area (Å²) in [5.74, 6) is 0.648. The van der Waals surface area contributed by atoms with Crippen LogP contribution in [0.2, 0.25) is 10.0 Å². The van der Waals surface area contributed by atoms with Gasteiger partial charge in [0.1, 0.15) is 0 Å². The van der Waals surface area contributed by atoms with Crippen molar-refractivity contribution in [2.24, 2.45) is 0 Å². The van der Waals surface area contributed by atoms with Crippen LogP contribution in [0.1, 0.15) is 13.8 Å². The van der Waals surface area contributed by atoms with Crippen molar-refractivity contribution in [3.05, 3.63) is 22.2 Å². The fraction of sp³-hybridized carbons (Fsp3) is 0.333. The minimum atomic E-state index is -0.629. The first kappa shape index (κ1) is 8.97. The predicted octanol–water partition coefficient (Wildman–Crippen LogP) is 3.50. The third kappa shape index (κ3) is 1.56. The lowest BCUT2D eigenvalue weighted by atomic mass is 10.3. The van der Waals surface area contributed by atoms with Gasteiger partial charge >= 0.3 is 0 Å². The van der Waals surface area contributed by atoms with Crippen LogP contribution in [0.3, 0.4) is 0 Å². The average molecular weight is 219 g/mol. The van der Waals surface area contributed by atoms with E-state index in [9.17, 15) is 0 Å². The summed E-state index contributed by atoms with van der Waals surface area (Å²) in [5, 5.41) is 0.948. The highest BCUT2D eigenvalue weighted by Gasteiger charge is 2.32. The molecule has 0 saturated carbocycles. The number of rotatable bonds is 0. The quantitative estimate of drug-likeness (QED) is 0.664. The van der Waals surface area contributed by atoms with Gasteiger partial charge < -0.3 is 9.47 Å². The minimum absolute atomic E-state index is 0.474. The summed E-state index contributed by atoms with van der Waals surface area (Å²) < 4.78 is 10.9. The number of hydrogen-bond acceptors (Lipinski definition) is 2. The van der Waals surface area contributed by atoms with Crippen LogP contribution in [0.15, 0.2) is 12.1 Å². The Bertz CT molecular complexity index is 328. The molecule has 0 unspecified atom stereocenters. The molecule has 1 aromatic carbocycles. The Balaban J connectivity index is 2.48. The van der Waals surface area contributed by atoms with Crippen LogP contribution in [0.4, 0.5) is 0 Å². The average Bonchev–Trinajstić information content (AvgIpc) is 2.24. The van der Waals surface area contributed by atoms with E-state index in [0.717, 1.165) is 0 Å². The highest BCUT2D eigenvalue weighted by Crippen LogP contribution is 2.43. The van der Waals surface area contributed by atoms with Gasteiger partial charge in [-0.25, -0.2) is 0 Å². The summed E-state index contributed by atoms with van der Waals surface area (Å²) in [6.45, 7) is 3.66. The Labute approximate surface area is 86.4 Å². The van der Waals surface area contributed by atoms with E-state index in [1.165, 1.54) is 0 Å². The molecule has 4 heteroatoms. The zero-order valence-electron chi connectivity index (χ0n) is 7.23. The van der Waals surface area contributed by atoms with E-state index in [2.05, 4.69) is 0 Å². The lowest BCUT2D eigenvalue weighted by Crippen LogP contribution is -2.29. The van der Waals surface area contributed by atoms with Crippen molar-refractivity contribution in [3.63, 3.8) is 0 Å². The zero-order chi connectivity index (χ0) is 9.64. The molecule has 0 bridgehead atoms. The topological polar surface area (TPSA) is 18.5 Å². The molecular weight excluding hydrogens is 211 g/mol. The first-order valence-electron chi connectivity index (χ1n) is 3.85. The molecule has 1 heterocycles. The molecule has 0 atom stereocenters. The first-order chi connectivity index (χ1) is 5.98. The smallest absolute Gasteiger partial charge is 0.246 e. The summed E-state index contributed by atoms with van der Waals surface area (Å²) in [6, 6.07) is 3.32. The summed E-state index contributed by atoms with van der Waals surface area (Å²) in [6.07, 6.45) is 0. The van der Waals surface area contributed by atoms with Gasteiger partial charge in [0, 0.05) is 26.0 Å². The van der Waals surface area contributed by atoms with E-state index >= 15 is 0 Å². The van der Waals surface area contributed by atoms with Crippen LogP contribution in [-0.2, 0) is 0 Å². The van der Waals surface area contributed by atoms with Crippen LogP contribution in [-0.4, -0.2) is 5.79 Å². The third-order valence-corrected chi connectivity index (χ3v) is 2.42. The molecule has 1 aromatic rings. The Hall–Kier alpha value is -0.600. The fourth-order valence-electron chi connectivity index (χ4n) is 1.22. The van der Waals surface area contributed by atoms with Crippen LogP contribution in [0, 0.1) is 0 Å². The van der Waals surface area contributed by atoms with Gasteiger partial charge in [0.25, 0.3) is 0 Å². The summed E-state index contributed by atoms with van der Waals surface area (Å²) in [4.78, 5) is 0. The molecule has 0 aromatic heterocycles. The van der Waals surface area contributed by atoms with Gasteiger partial charge in [-0.2, -0.15) is 0 Å². The molecule has 13 heavy (non-hydrogen) atoms. The van der Waals surface area contributed by atoms with Crippen LogP contribution < -0.4 is 9.47 Å². The number of benzene rings is 1. The van der Waals surface area contributed by atoms with Gasteiger partial charge in [-0.3, -0.25) is 0 Å². The molecule has 0 radical (unpaired) electrons. The monoisotopic (exact) mass is 218 g/mol. The van der Waals surface area contributed by atoms with E-state index in [4.69, 9.17) is 32.7 Å². The lowest BCUT2D eigenvalue weighted by Gasteiger charge is -2.16. The van der Waals surface area contributed by atoms with E-state index in [0.29, 0.717) is 21.5 Å². The SMILES string of the molecule is CC1(C)Oc2cc(Cl)c(Cl)cc2O1. The summed E-state index contributed by atoms with van der Waals surface area (Å²) in [7, 11) is 0. The van der Waals surface area contributed by atoms with Gasteiger partial charge in [0.05, 0.1) is 10.0 Å². The highest BCUT2D eigenvalue weighted by molar-refractivity contribution is 6.42.